The van der Waals surface area contributed by atoms with Gasteiger partial charge in [-0.2, -0.15) is 0 Å². The molecule has 1 N–H and O–H groups in total. The molecule has 0 amide bonds. The number of nitrogens with zero attached hydrogens (tertiary/aromatic N) is 1. The lowest BCUT2D eigenvalue weighted by Gasteiger charge is -2.10. The van der Waals surface area contributed by atoms with Gasteiger partial charge in [-0.25, -0.2) is 0 Å². The molecule has 1 aromatic carbocycles. The van der Waals surface area contributed by atoms with Crippen molar-refractivity contribution in [3.63, 3.8) is 0 Å². The van der Waals surface area contributed by atoms with Gasteiger partial charge in [-0.05, 0) is 42.7 Å². The second kappa shape index (κ2) is 5.17. The summed E-state index contributed by atoms with van der Waals surface area (Å²) >= 11 is 6.01. The van der Waals surface area contributed by atoms with E-state index in [9.17, 15) is 0 Å². The molecule has 18 heavy (non-hydrogen) atoms. The molecule has 94 valence electrons. The largest absolute Gasteiger partial charge is 0.346 e. The summed E-state index contributed by atoms with van der Waals surface area (Å²) in [5.41, 5.74) is 2.58. The summed E-state index contributed by atoms with van der Waals surface area (Å²) in [4.78, 5) is 0. The Morgan fingerprint density at radius 1 is 1.22 bits per heavy atom. The summed E-state index contributed by atoms with van der Waals surface area (Å²) in [7, 11) is 0. The van der Waals surface area contributed by atoms with Crippen LogP contribution in [0.2, 0.25) is 5.02 Å². The molecule has 0 unspecified atom stereocenters. The molecular formula is C15H17ClN2. The van der Waals surface area contributed by atoms with E-state index in [-0.39, 0.29) is 0 Å². The van der Waals surface area contributed by atoms with E-state index in [1.165, 1.54) is 24.1 Å². The van der Waals surface area contributed by atoms with Crippen molar-refractivity contribution >= 4 is 11.6 Å². The zero-order valence-corrected chi connectivity index (χ0v) is 11.0. The van der Waals surface area contributed by atoms with Crippen LogP contribution in [0.15, 0.2) is 42.6 Å². The molecule has 0 saturated heterocycles. The Morgan fingerprint density at radius 2 is 2.11 bits per heavy atom. The van der Waals surface area contributed by atoms with E-state index >= 15 is 0 Å². The van der Waals surface area contributed by atoms with Crippen molar-refractivity contribution in [3.05, 3.63) is 58.9 Å². The third kappa shape index (κ3) is 2.95. The lowest BCUT2D eigenvalue weighted by atomic mass is 10.2. The molecular weight excluding hydrogens is 244 g/mol. The van der Waals surface area contributed by atoms with Gasteiger partial charge in [0.2, 0.25) is 0 Å². The topological polar surface area (TPSA) is 17.0 Å². The van der Waals surface area contributed by atoms with E-state index in [1.54, 1.807) is 0 Å². The lowest BCUT2D eigenvalue weighted by Crippen LogP contribution is -2.18. The van der Waals surface area contributed by atoms with Gasteiger partial charge in [0, 0.05) is 36.0 Å². The van der Waals surface area contributed by atoms with Gasteiger partial charge >= 0.3 is 0 Å². The highest BCUT2D eigenvalue weighted by molar-refractivity contribution is 6.30. The molecule has 2 aromatic rings. The SMILES string of the molecule is Clc1cccc(Cn2cccc2CNC2CC2)c1. The molecule has 1 fully saturated rings. The van der Waals surface area contributed by atoms with Gasteiger partial charge in [0.05, 0.1) is 0 Å². The van der Waals surface area contributed by atoms with Crippen LogP contribution in [0.3, 0.4) is 0 Å². The summed E-state index contributed by atoms with van der Waals surface area (Å²) in [6, 6.07) is 13.1. The summed E-state index contributed by atoms with van der Waals surface area (Å²) in [6.07, 6.45) is 4.79. The fourth-order valence-corrected chi connectivity index (χ4v) is 2.35. The molecule has 3 heteroatoms. The second-order valence-electron chi connectivity index (χ2n) is 4.91. The molecule has 0 bridgehead atoms. The fourth-order valence-electron chi connectivity index (χ4n) is 2.13. The van der Waals surface area contributed by atoms with Gasteiger partial charge in [-0.15, -0.1) is 0 Å². The summed E-state index contributed by atoms with van der Waals surface area (Å²) < 4.78 is 2.28. The van der Waals surface area contributed by atoms with E-state index in [4.69, 9.17) is 11.6 Å². The Hall–Kier alpha value is -1.25. The molecule has 2 nitrogen and oxygen atoms in total. The summed E-state index contributed by atoms with van der Waals surface area (Å²) in [5, 5.41) is 4.35. The van der Waals surface area contributed by atoms with E-state index in [0.717, 1.165) is 24.2 Å². The maximum atomic E-state index is 6.01. The quantitative estimate of drug-likeness (QED) is 0.871. The van der Waals surface area contributed by atoms with Crippen molar-refractivity contribution < 1.29 is 0 Å². The zero-order chi connectivity index (χ0) is 12.4. The molecule has 0 spiro atoms. The number of hydrogen-bond donors (Lipinski definition) is 1. The van der Waals surface area contributed by atoms with Crippen molar-refractivity contribution in [3.8, 4) is 0 Å². The van der Waals surface area contributed by atoms with Crippen LogP contribution in [-0.2, 0) is 13.1 Å². The molecule has 3 rings (SSSR count). The zero-order valence-electron chi connectivity index (χ0n) is 10.3. The van der Waals surface area contributed by atoms with Crippen LogP contribution in [-0.4, -0.2) is 10.6 Å². The normalized spacial score (nSPS) is 14.9. The average Bonchev–Trinajstić information content (AvgIpc) is 3.08. The first kappa shape index (κ1) is 11.8. The number of nitrogens with one attached hydrogen (secondary N) is 1. The Labute approximate surface area is 113 Å². The van der Waals surface area contributed by atoms with Crippen LogP contribution in [0.25, 0.3) is 0 Å². The number of hydrogen-bond acceptors (Lipinski definition) is 1. The molecule has 0 aliphatic heterocycles. The Balaban J connectivity index is 1.69. The molecule has 0 atom stereocenters. The van der Waals surface area contributed by atoms with Gasteiger partial charge in [-0.1, -0.05) is 23.7 Å². The number of rotatable bonds is 5. The lowest BCUT2D eigenvalue weighted by molar-refractivity contribution is 0.634. The van der Waals surface area contributed by atoms with Crippen LogP contribution < -0.4 is 5.32 Å². The highest BCUT2D eigenvalue weighted by atomic mass is 35.5. The highest BCUT2D eigenvalue weighted by Crippen LogP contribution is 2.19. The minimum atomic E-state index is 0.750. The van der Waals surface area contributed by atoms with Gasteiger partial charge in [-0.3, -0.25) is 0 Å². The third-order valence-electron chi connectivity index (χ3n) is 3.31. The van der Waals surface area contributed by atoms with E-state index in [0.29, 0.717) is 0 Å². The predicted molar refractivity (Wildman–Crippen MR) is 74.8 cm³/mol. The first-order valence-electron chi connectivity index (χ1n) is 6.43. The fraction of sp³-hybridized carbons (Fsp3) is 0.333. The van der Waals surface area contributed by atoms with Gasteiger partial charge in [0.1, 0.15) is 0 Å². The number of benzene rings is 1. The van der Waals surface area contributed by atoms with E-state index in [1.807, 2.05) is 18.2 Å². The van der Waals surface area contributed by atoms with E-state index in [2.05, 4.69) is 34.3 Å². The van der Waals surface area contributed by atoms with Gasteiger partial charge in [0.15, 0.2) is 0 Å². The maximum absolute atomic E-state index is 6.01. The minimum Gasteiger partial charge on any atom is -0.346 e. The number of halogens is 1. The summed E-state index contributed by atoms with van der Waals surface area (Å²) in [6.45, 7) is 1.84. The molecule has 1 saturated carbocycles. The van der Waals surface area contributed by atoms with Crippen LogP contribution in [0, 0.1) is 0 Å². The van der Waals surface area contributed by atoms with Crippen LogP contribution in [0.5, 0.6) is 0 Å². The smallest absolute Gasteiger partial charge is 0.0473 e. The van der Waals surface area contributed by atoms with Crippen molar-refractivity contribution in [2.45, 2.75) is 32.0 Å². The monoisotopic (exact) mass is 260 g/mol. The minimum absolute atomic E-state index is 0.750. The van der Waals surface area contributed by atoms with Gasteiger partial charge < -0.3 is 9.88 Å². The van der Waals surface area contributed by atoms with Crippen LogP contribution in [0.1, 0.15) is 24.1 Å². The van der Waals surface area contributed by atoms with E-state index < -0.39 is 0 Å². The van der Waals surface area contributed by atoms with Crippen LogP contribution in [0.4, 0.5) is 0 Å². The standard InChI is InChI=1S/C15H17ClN2/c16-13-4-1-3-12(9-13)11-18-8-2-5-15(18)10-17-14-6-7-14/h1-5,8-9,14,17H,6-7,10-11H2. The van der Waals surface area contributed by atoms with Crippen LogP contribution >= 0.6 is 11.6 Å². The Kier molecular flexibility index (Phi) is 3.39. The van der Waals surface area contributed by atoms with Crippen molar-refractivity contribution in [1.29, 1.82) is 0 Å². The Bertz CT molecular complexity index is 529. The molecule has 1 aliphatic rings. The highest BCUT2D eigenvalue weighted by Gasteiger charge is 2.20. The number of aromatic nitrogens is 1. The maximum Gasteiger partial charge on any atom is 0.0473 e. The summed E-state index contributed by atoms with van der Waals surface area (Å²) in [5.74, 6) is 0. The molecule has 0 radical (unpaired) electrons. The molecule has 1 aromatic heterocycles. The van der Waals surface area contributed by atoms with Crippen molar-refractivity contribution in [2.24, 2.45) is 0 Å². The average molecular weight is 261 g/mol. The first-order chi connectivity index (χ1) is 8.81. The molecule has 1 heterocycles. The first-order valence-corrected chi connectivity index (χ1v) is 6.81. The van der Waals surface area contributed by atoms with Crippen molar-refractivity contribution in [1.82, 2.24) is 9.88 Å². The van der Waals surface area contributed by atoms with Gasteiger partial charge in [0.25, 0.3) is 0 Å². The second-order valence-corrected chi connectivity index (χ2v) is 5.35. The van der Waals surface area contributed by atoms with Crippen molar-refractivity contribution in [2.75, 3.05) is 0 Å². The third-order valence-corrected chi connectivity index (χ3v) is 3.55. The molecule has 1 aliphatic carbocycles. The Morgan fingerprint density at radius 3 is 2.89 bits per heavy atom. The predicted octanol–water partition coefficient (Wildman–Crippen LogP) is 3.44.